The number of rotatable bonds is 4. The van der Waals surface area contributed by atoms with Gasteiger partial charge in [-0.25, -0.2) is 4.39 Å². The second kappa shape index (κ2) is 6.64. The minimum absolute atomic E-state index is 0.143. The van der Waals surface area contributed by atoms with E-state index in [4.69, 9.17) is 0 Å². The topological polar surface area (TPSA) is 12.0 Å². The summed E-state index contributed by atoms with van der Waals surface area (Å²) in [5.74, 6) is -0.212. The summed E-state index contributed by atoms with van der Waals surface area (Å²) in [4.78, 5) is 0. The molecule has 19 heavy (non-hydrogen) atoms. The molecule has 0 bridgehead atoms. The van der Waals surface area contributed by atoms with Gasteiger partial charge in [-0.2, -0.15) is 0 Å². The van der Waals surface area contributed by atoms with Crippen LogP contribution in [0.25, 0.3) is 0 Å². The molecule has 0 amide bonds. The number of hydrogen-bond donors (Lipinski definition) is 1. The Balaban J connectivity index is 2.45. The van der Waals surface area contributed by atoms with Crippen molar-refractivity contribution in [1.29, 1.82) is 0 Å². The Morgan fingerprint density at radius 3 is 2.42 bits per heavy atom. The highest BCUT2D eigenvalue weighted by Crippen LogP contribution is 2.29. The molecule has 0 aromatic heterocycles. The summed E-state index contributed by atoms with van der Waals surface area (Å²) in [6.45, 7) is 2.79. The first kappa shape index (κ1) is 14.7. The molecular weight excluding hydrogens is 373 g/mol. The fourth-order valence-corrected chi connectivity index (χ4v) is 2.66. The van der Waals surface area contributed by atoms with Crippen molar-refractivity contribution in [2.45, 2.75) is 13.0 Å². The van der Waals surface area contributed by atoms with Gasteiger partial charge >= 0.3 is 0 Å². The van der Waals surface area contributed by atoms with Gasteiger partial charge < -0.3 is 5.32 Å². The smallest absolute Gasteiger partial charge is 0.142 e. The van der Waals surface area contributed by atoms with E-state index in [-0.39, 0.29) is 11.9 Å². The van der Waals surface area contributed by atoms with Gasteiger partial charge in [-0.15, -0.1) is 0 Å². The number of benzene rings is 2. The van der Waals surface area contributed by atoms with E-state index in [0.717, 1.165) is 16.6 Å². The van der Waals surface area contributed by atoms with Gasteiger partial charge in [0.05, 0.1) is 10.5 Å². The molecule has 4 heteroatoms. The monoisotopic (exact) mass is 385 g/mol. The van der Waals surface area contributed by atoms with E-state index in [1.165, 1.54) is 0 Å². The van der Waals surface area contributed by atoms with Crippen molar-refractivity contribution in [1.82, 2.24) is 5.32 Å². The van der Waals surface area contributed by atoms with Crippen LogP contribution in [0.3, 0.4) is 0 Å². The molecule has 1 unspecified atom stereocenters. The SMILES string of the molecule is CCNC(c1ccc(Br)cc1)c1cccc(Br)c1F. The fourth-order valence-electron chi connectivity index (χ4n) is 2.01. The molecular formula is C15H14Br2FN. The summed E-state index contributed by atoms with van der Waals surface area (Å²) in [7, 11) is 0. The molecule has 0 saturated carbocycles. The predicted molar refractivity (Wildman–Crippen MR) is 83.8 cm³/mol. The van der Waals surface area contributed by atoms with Gasteiger partial charge in [0.1, 0.15) is 5.82 Å². The van der Waals surface area contributed by atoms with E-state index in [1.54, 1.807) is 6.07 Å². The highest BCUT2D eigenvalue weighted by molar-refractivity contribution is 9.10. The normalized spacial score (nSPS) is 12.4. The Bertz CT molecular complexity index is 555. The van der Waals surface area contributed by atoms with E-state index >= 15 is 0 Å². The van der Waals surface area contributed by atoms with Crippen LogP contribution in [-0.2, 0) is 0 Å². The van der Waals surface area contributed by atoms with Crippen LogP contribution >= 0.6 is 31.9 Å². The molecule has 0 aliphatic heterocycles. The van der Waals surface area contributed by atoms with E-state index < -0.39 is 0 Å². The number of halogens is 3. The molecule has 100 valence electrons. The molecule has 2 aromatic carbocycles. The van der Waals surface area contributed by atoms with Gasteiger partial charge in [0.25, 0.3) is 0 Å². The lowest BCUT2D eigenvalue weighted by Gasteiger charge is -2.20. The molecule has 2 aromatic rings. The third-order valence-electron chi connectivity index (χ3n) is 2.90. The third-order valence-corrected chi connectivity index (χ3v) is 4.05. The van der Waals surface area contributed by atoms with Gasteiger partial charge in [-0.1, -0.05) is 47.1 Å². The lowest BCUT2D eigenvalue weighted by molar-refractivity contribution is 0.555. The molecule has 0 heterocycles. The quantitative estimate of drug-likeness (QED) is 0.775. The molecule has 1 nitrogen and oxygen atoms in total. The second-order valence-corrected chi connectivity index (χ2v) is 5.96. The number of hydrogen-bond acceptors (Lipinski definition) is 1. The minimum atomic E-state index is -0.212. The summed E-state index contributed by atoms with van der Waals surface area (Å²) in [5.41, 5.74) is 1.69. The molecule has 0 spiro atoms. The molecule has 0 aliphatic rings. The molecule has 0 fully saturated rings. The van der Waals surface area contributed by atoms with Crippen LogP contribution in [0.2, 0.25) is 0 Å². The largest absolute Gasteiger partial charge is 0.306 e. The van der Waals surface area contributed by atoms with Crippen molar-refractivity contribution >= 4 is 31.9 Å². The summed E-state index contributed by atoms with van der Waals surface area (Å²) >= 11 is 6.65. The lowest BCUT2D eigenvalue weighted by atomic mass is 9.98. The van der Waals surface area contributed by atoms with Crippen molar-refractivity contribution in [2.75, 3.05) is 6.54 Å². The fraction of sp³-hybridized carbons (Fsp3) is 0.200. The Labute approximate surface area is 129 Å². The van der Waals surface area contributed by atoms with Crippen LogP contribution in [0.4, 0.5) is 4.39 Å². The maximum absolute atomic E-state index is 14.2. The summed E-state index contributed by atoms with van der Waals surface area (Å²) in [6, 6.07) is 13.2. The predicted octanol–water partition coefficient (Wildman–Crippen LogP) is 5.05. The first-order valence-electron chi connectivity index (χ1n) is 6.06. The van der Waals surface area contributed by atoms with Crippen molar-refractivity contribution < 1.29 is 4.39 Å². The zero-order chi connectivity index (χ0) is 13.8. The van der Waals surface area contributed by atoms with Crippen molar-refractivity contribution in [3.05, 3.63) is 68.4 Å². The summed E-state index contributed by atoms with van der Waals surface area (Å²) < 4.78 is 15.7. The highest BCUT2D eigenvalue weighted by atomic mass is 79.9. The average Bonchev–Trinajstić information content (AvgIpc) is 2.41. The van der Waals surface area contributed by atoms with Gasteiger partial charge in [-0.05, 0) is 46.2 Å². The van der Waals surface area contributed by atoms with Gasteiger partial charge in [0.15, 0.2) is 0 Å². The van der Waals surface area contributed by atoms with Crippen molar-refractivity contribution in [3.8, 4) is 0 Å². The van der Waals surface area contributed by atoms with Crippen LogP contribution in [-0.4, -0.2) is 6.54 Å². The third kappa shape index (κ3) is 3.44. The van der Waals surface area contributed by atoms with Gasteiger partial charge in [-0.3, -0.25) is 0 Å². The summed E-state index contributed by atoms with van der Waals surface area (Å²) in [5, 5.41) is 3.33. The van der Waals surface area contributed by atoms with Crippen LogP contribution < -0.4 is 5.32 Å². The van der Waals surface area contributed by atoms with E-state index in [1.807, 2.05) is 43.3 Å². The average molecular weight is 387 g/mol. The van der Waals surface area contributed by atoms with Crippen LogP contribution in [0.1, 0.15) is 24.1 Å². The lowest BCUT2D eigenvalue weighted by Crippen LogP contribution is -2.23. The number of nitrogens with one attached hydrogen (secondary N) is 1. The molecule has 2 rings (SSSR count). The van der Waals surface area contributed by atoms with Crippen LogP contribution in [0.15, 0.2) is 51.4 Å². The van der Waals surface area contributed by atoms with E-state index in [9.17, 15) is 4.39 Å². The minimum Gasteiger partial charge on any atom is -0.306 e. The summed E-state index contributed by atoms with van der Waals surface area (Å²) in [6.07, 6.45) is 0. The standard InChI is InChI=1S/C15H14Br2FN/c1-2-19-15(10-6-8-11(16)9-7-10)12-4-3-5-13(17)14(12)18/h3-9,15,19H,2H2,1H3. The Morgan fingerprint density at radius 2 is 1.79 bits per heavy atom. The zero-order valence-electron chi connectivity index (χ0n) is 10.5. The van der Waals surface area contributed by atoms with E-state index in [2.05, 4.69) is 37.2 Å². The molecule has 1 atom stereocenters. The molecule has 0 radical (unpaired) electrons. The van der Waals surface area contributed by atoms with Crippen LogP contribution in [0.5, 0.6) is 0 Å². The van der Waals surface area contributed by atoms with E-state index in [0.29, 0.717) is 10.0 Å². The Morgan fingerprint density at radius 1 is 1.11 bits per heavy atom. The first-order valence-corrected chi connectivity index (χ1v) is 7.65. The maximum Gasteiger partial charge on any atom is 0.142 e. The molecule has 0 aliphatic carbocycles. The Hall–Kier alpha value is -0.710. The maximum atomic E-state index is 14.2. The van der Waals surface area contributed by atoms with Crippen molar-refractivity contribution in [2.24, 2.45) is 0 Å². The van der Waals surface area contributed by atoms with Crippen molar-refractivity contribution in [3.63, 3.8) is 0 Å². The second-order valence-electron chi connectivity index (χ2n) is 4.19. The van der Waals surface area contributed by atoms with Gasteiger partial charge in [0.2, 0.25) is 0 Å². The molecule has 1 N–H and O–H groups in total. The van der Waals surface area contributed by atoms with Gasteiger partial charge in [0, 0.05) is 10.0 Å². The molecule has 0 saturated heterocycles. The van der Waals surface area contributed by atoms with Crippen LogP contribution in [0, 0.1) is 5.82 Å². The zero-order valence-corrected chi connectivity index (χ0v) is 13.6. The first-order chi connectivity index (χ1) is 9.13. The highest BCUT2D eigenvalue weighted by Gasteiger charge is 2.18. The Kier molecular flexibility index (Phi) is 5.13.